The molecule has 4 aromatic carbocycles. The van der Waals surface area contributed by atoms with Gasteiger partial charge in [0.2, 0.25) is 0 Å². The Morgan fingerprint density at radius 1 is 0.902 bits per heavy atom. The lowest BCUT2D eigenvalue weighted by molar-refractivity contribution is 0.0666. The number of methoxy groups -OCH3 is 1. The maximum atomic E-state index is 14.7. The van der Waals surface area contributed by atoms with Gasteiger partial charge < -0.3 is 9.64 Å². The van der Waals surface area contributed by atoms with Crippen molar-refractivity contribution in [3.05, 3.63) is 136 Å². The molecule has 7 heteroatoms. The van der Waals surface area contributed by atoms with Gasteiger partial charge in [-0.05, 0) is 48.0 Å². The summed E-state index contributed by atoms with van der Waals surface area (Å²) in [6, 6.07) is 23.1. The first-order valence-electron chi connectivity index (χ1n) is 13.2. The number of ketones is 3. The topological polar surface area (TPSA) is 63.7 Å². The number of carbonyl (C=O) groups is 3. The van der Waals surface area contributed by atoms with Gasteiger partial charge in [0.15, 0.2) is 17.3 Å². The van der Waals surface area contributed by atoms with Crippen molar-refractivity contribution in [2.75, 3.05) is 12.0 Å². The summed E-state index contributed by atoms with van der Waals surface area (Å²) in [7, 11) is 1.52. The van der Waals surface area contributed by atoms with Gasteiger partial charge in [-0.3, -0.25) is 14.4 Å². The fraction of sp³-hybridized carbons (Fsp3) is 0.147. The molecule has 3 atom stereocenters. The van der Waals surface area contributed by atoms with Crippen LogP contribution >= 0.6 is 11.6 Å². The third-order valence-corrected chi connectivity index (χ3v) is 8.87. The Balaban J connectivity index is 1.54. The lowest BCUT2D eigenvalue weighted by atomic mass is 9.64. The molecule has 0 bridgehead atoms. The summed E-state index contributed by atoms with van der Waals surface area (Å²) >= 11 is 6.26. The van der Waals surface area contributed by atoms with Crippen molar-refractivity contribution in [2.24, 2.45) is 5.41 Å². The van der Waals surface area contributed by atoms with Crippen molar-refractivity contribution >= 4 is 40.7 Å². The second kappa shape index (κ2) is 9.25. The molecule has 41 heavy (non-hydrogen) atoms. The number of halogens is 2. The Bertz CT molecular complexity index is 1760. The van der Waals surface area contributed by atoms with Crippen LogP contribution in [0, 0.1) is 11.2 Å². The fourth-order valence-corrected chi connectivity index (χ4v) is 7.06. The number of Topliss-reactive ketones (excluding diaryl/α,β-unsaturated/α-hetero) is 3. The molecule has 1 fully saturated rings. The minimum atomic E-state index is -1.64. The zero-order valence-corrected chi connectivity index (χ0v) is 22.6. The van der Waals surface area contributed by atoms with Gasteiger partial charge in [0.25, 0.3) is 0 Å². The molecule has 2 heterocycles. The lowest BCUT2D eigenvalue weighted by Crippen LogP contribution is -2.48. The number of hydrogen-bond acceptors (Lipinski definition) is 5. The first-order valence-corrected chi connectivity index (χ1v) is 13.6. The molecule has 7 rings (SSSR count). The number of nitrogens with zero attached hydrogens (tertiary/aromatic N) is 1. The van der Waals surface area contributed by atoms with E-state index in [1.54, 1.807) is 91.0 Å². The molecule has 2 aliphatic heterocycles. The molecule has 0 radical (unpaired) electrons. The van der Waals surface area contributed by atoms with Gasteiger partial charge in [-0.25, -0.2) is 4.39 Å². The Morgan fingerprint density at radius 3 is 2.29 bits per heavy atom. The van der Waals surface area contributed by atoms with Gasteiger partial charge in [-0.15, -0.1) is 0 Å². The van der Waals surface area contributed by atoms with Gasteiger partial charge in [-0.1, -0.05) is 72.3 Å². The van der Waals surface area contributed by atoms with Crippen molar-refractivity contribution < 1.29 is 23.5 Å². The van der Waals surface area contributed by atoms with Crippen LogP contribution in [0.2, 0.25) is 5.02 Å². The second-order valence-corrected chi connectivity index (χ2v) is 11.0. The molecule has 0 saturated carbocycles. The first-order chi connectivity index (χ1) is 19.9. The Kier molecular flexibility index (Phi) is 5.73. The minimum absolute atomic E-state index is 0.284. The van der Waals surface area contributed by atoms with Crippen molar-refractivity contribution in [3.8, 4) is 5.75 Å². The zero-order valence-electron chi connectivity index (χ0n) is 21.9. The number of hydrogen-bond donors (Lipinski definition) is 0. The van der Waals surface area contributed by atoms with E-state index in [-0.39, 0.29) is 17.3 Å². The van der Waals surface area contributed by atoms with Crippen LogP contribution in [0.1, 0.15) is 48.1 Å². The summed E-state index contributed by atoms with van der Waals surface area (Å²) in [5.41, 5.74) is 1.18. The van der Waals surface area contributed by atoms with E-state index in [4.69, 9.17) is 16.3 Å². The molecule has 3 aliphatic rings. The van der Waals surface area contributed by atoms with E-state index in [1.807, 2.05) is 4.90 Å². The largest absolute Gasteiger partial charge is 0.497 e. The number of benzene rings is 4. The van der Waals surface area contributed by atoms with Crippen molar-refractivity contribution in [2.45, 2.75) is 18.0 Å². The molecule has 0 aromatic heterocycles. The summed E-state index contributed by atoms with van der Waals surface area (Å²) in [6.45, 7) is 0. The Labute approximate surface area is 240 Å². The van der Waals surface area contributed by atoms with Gasteiger partial charge in [0, 0.05) is 38.9 Å². The van der Waals surface area contributed by atoms with E-state index in [0.717, 1.165) is 0 Å². The molecule has 4 aromatic rings. The summed E-state index contributed by atoms with van der Waals surface area (Å²) in [4.78, 5) is 45.7. The number of ether oxygens (including phenoxy) is 1. The van der Waals surface area contributed by atoms with E-state index >= 15 is 0 Å². The van der Waals surface area contributed by atoms with Crippen LogP contribution in [0.5, 0.6) is 5.75 Å². The molecule has 0 unspecified atom stereocenters. The third kappa shape index (κ3) is 3.50. The van der Waals surface area contributed by atoms with Gasteiger partial charge >= 0.3 is 0 Å². The molecular weight excluding hydrogens is 541 g/mol. The van der Waals surface area contributed by atoms with Crippen LogP contribution in [0.25, 0.3) is 6.08 Å². The molecule has 0 amide bonds. The van der Waals surface area contributed by atoms with Crippen LogP contribution in [0.15, 0.2) is 97.1 Å². The molecule has 1 aliphatic carbocycles. The van der Waals surface area contributed by atoms with Gasteiger partial charge in [-0.2, -0.15) is 0 Å². The van der Waals surface area contributed by atoms with Gasteiger partial charge in [0.1, 0.15) is 23.0 Å². The van der Waals surface area contributed by atoms with Crippen molar-refractivity contribution in [1.29, 1.82) is 0 Å². The van der Waals surface area contributed by atoms with E-state index in [2.05, 4.69) is 0 Å². The summed E-state index contributed by atoms with van der Waals surface area (Å²) in [5, 5.41) is 0.488. The number of carbonyl (C=O) groups excluding carboxylic acids is 3. The van der Waals surface area contributed by atoms with Crippen molar-refractivity contribution in [3.63, 3.8) is 0 Å². The molecule has 1 spiro atoms. The average molecular weight is 564 g/mol. The number of fused-ring (bicyclic) bond motifs is 5. The zero-order chi connectivity index (χ0) is 28.5. The van der Waals surface area contributed by atoms with Crippen LogP contribution < -0.4 is 9.64 Å². The molecule has 5 nitrogen and oxygen atoms in total. The highest BCUT2D eigenvalue weighted by molar-refractivity contribution is 6.32. The van der Waals surface area contributed by atoms with E-state index < -0.39 is 29.2 Å². The summed E-state index contributed by atoms with van der Waals surface area (Å²) in [5.74, 6) is -1.74. The number of rotatable bonds is 4. The molecule has 0 N–H and O–H groups in total. The SMILES string of the molecule is COc1cccc(C(=O)[C@@H]2[C@@H](c3ccc(Cl)cc3)C3(C(=O)c4ccccc4C3=O)[C@H]3C=Cc4cc(F)ccc4N23)c1. The monoisotopic (exact) mass is 563 g/mol. The van der Waals surface area contributed by atoms with Crippen molar-refractivity contribution in [1.82, 2.24) is 0 Å². The van der Waals surface area contributed by atoms with E-state index in [0.29, 0.717) is 44.3 Å². The molecule has 202 valence electrons. The Morgan fingerprint density at radius 2 is 1.61 bits per heavy atom. The van der Waals surface area contributed by atoms with E-state index in [1.165, 1.54) is 19.2 Å². The maximum absolute atomic E-state index is 14.7. The summed E-state index contributed by atoms with van der Waals surface area (Å²) < 4.78 is 19.8. The van der Waals surface area contributed by atoms with E-state index in [9.17, 15) is 18.8 Å². The smallest absolute Gasteiger partial charge is 0.186 e. The number of anilines is 1. The predicted molar refractivity (Wildman–Crippen MR) is 155 cm³/mol. The fourth-order valence-electron chi connectivity index (χ4n) is 6.94. The van der Waals surface area contributed by atoms with Crippen LogP contribution in [0.4, 0.5) is 10.1 Å². The highest BCUT2D eigenvalue weighted by Gasteiger charge is 2.71. The van der Waals surface area contributed by atoms with Crippen LogP contribution in [-0.4, -0.2) is 36.5 Å². The maximum Gasteiger partial charge on any atom is 0.186 e. The Hall–Kier alpha value is -4.55. The standard InChI is InChI=1S/C34H23ClFNO4/c1-41-24-6-4-5-21(18-24)31(38)30-29(19-9-12-22(35)13-10-19)34(32(39)25-7-2-3-8-26(25)33(34)40)28-16-11-20-17-23(36)14-15-27(20)37(28)30/h2-18,28-30H,1H3/t28-,29-,30+/m1/s1. The minimum Gasteiger partial charge on any atom is -0.497 e. The molecule has 1 saturated heterocycles. The van der Waals surface area contributed by atoms with Crippen LogP contribution in [-0.2, 0) is 0 Å². The van der Waals surface area contributed by atoms with Gasteiger partial charge in [0.05, 0.1) is 13.2 Å². The highest BCUT2D eigenvalue weighted by atomic mass is 35.5. The normalized spacial score (nSPS) is 21.5. The quantitative estimate of drug-likeness (QED) is 0.202. The molecular formula is C34H23ClFNO4. The first kappa shape index (κ1) is 25.4. The third-order valence-electron chi connectivity index (χ3n) is 8.62. The lowest BCUT2D eigenvalue weighted by Gasteiger charge is -2.37. The summed E-state index contributed by atoms with van der Waals surface area (Å²) in [6.07, 6.45) is 3.51. The van der Waals surface area contributed by atoms with Crippen LogP contribution in [0.3, 0.4) is 0 Å². The predicted octanol–water partition coefficient (Wildman–Crippen LogP) is 6.80. The second-order valence-electron chi connectivity index (χ2n) is 10.6. The highest BCUT2D eigenvalue weighted by Crippen LogP contribution is 2.61. The average Bonchev–Trinajstić information content (AvgIpc) is 3.43.